The molecule has 2 N–H and O–H groups in total. The molecule has 0 heterocycles. The molecule has 0 aliphatic rings. The van der Waals surface area contributed by atoms with Gasteiger partial charge in [-0.3, -0.25) is 0 Å². The molecular formula is C7H14NO3S-. The molecule has 5 heteroatoms. The summed E-state index contributed by atoms with van der Waals surface area (Å²) in [4.78, 5) is 0. The van der Waals surface area contributed by atoms with Crippen LogP contribution in [0.25, 0.3) is 0 Å². The van der Waals surface area contributed by atoms with E-state index >= 15 is 0 Å². The van der Waals surface area contributed by atoms with Crippen molar-refractivity contribution < 1.29 is 13.5 Å². The number of nitrogens with two attached hydrogens (primary N) is 1. The van der Waals surface area contributed by atoms with Crippen LogP contribution in [0.2, 0.25) is 0 Å². The summed E-state index contributed by atoms with van der Waals surface area (Å²) < 4.78 is 21.9. The van der Waals surface area contributed by atoms with Crippen molar-refractivity contribution in [1.29, 1.82) is 0 Å². The van der Waals surface area contributed by atoms with Gasteiger partial charge in [-0.1, -0.05) is 19.8 Å². The molecular weight excluding hydrogens is 178 g/mol. The molecule has 0 radical (unpaired) electrons. The number of rotatable bonds is 5. The minimum Gasteiger partial charge on any atom is -0.860 e. The van der Waals surface area contributed by atoms with Crippen LogP contribution < -0.4 is 10.8 Å². The summed E-state index contributed by atoms with van der Waals surface area (Å²) in [5.41, 5.74) is 4.71. The van der Waals surface area contributed by atoms with Gasteiger partial charge in [0, 0.05) is 5.41 Å². The molecule has 0 aromatic heterocycles. The molecule has 0 amide bonds. The van der Waals surface area contributed by atoms with Crippen LogP contribution in [0.3, 0.4) is 0 Å². The van der Waals surface area contributed by atoms with Gasteiger partial charge in [-0.2, -0.15) is 0 Å². The molecule has 0 aromatic carbocycles. The Labute approximate surface area is 73.0 Å². The van der Waals surface area contributed by atoms with Gasteiger partial charge in [-0.15, -0.1) is 0 Å². The molecule has 0 aliphatic carbocycles. The first-order valence-electron chi connectivity index (χ1n) is 3.85. The Morgan fingerprint density at radius 2 is 2.08 bits per heavy atom. The minimum atomic E-state index is -3.35. The van der Waals surface area contributed by atoms with Gasteiger partial charge >= 0.3 is 0 Å². The van der Waals surface area contributed by atoms with Crippen LogP contribution in [0.15, 0.2) is 11.3 Å². The maximum absolute atomic E-state index is 11.0. The van der Waals surface area contributed by atoms with E-state index in [1.165, 1.54) is 0 Å². The highest BCUT2D eigenvalue weighted by atomic mass is 32.2. The standard InChI is InChI=1S/C7H15NO3S/c1-2-3-4-5-12(10,11)6-7(8)9/h6,9H,2-5,8H2,1H3/p-1/b7-6-. The largest absolute Gasteiger partial charge is 0.860 e. The highest BCUT2D eigenvalue weighted by Crippen LogP contribution is 2.01. The van der Waals surface area contributed by atoms with Crippen LogP contribution in [-0.4, -0.2) is 14.2 Å². The fourth-order valence-corrected chi connectivity index (χ4v) is 1.87. The normalized spacial score (nSPS) is 13.2. The second-order valence-electron chi connectivity index (χ2n) is 2.59. The molecule has 72 valence electrons. The average molecular weight is 192 g/mol. The molecule has 0 fully saturated rings. The quantitative estimate of drug-likeness (QED) is 0.479. The highest BCUT2D eigenvalue weighted by molar-refractivity contribution is 7.94. The Bertz CT molecular complexity index is 239. The lowest BCUT2D eigenvalue weighted by atomic mass is 10.3. The van der Waals surface area contributed by atoms with Crippen LogP contribution >= 0.6 is 0 Å². The monoisotopic (exact) mass is 192 g/mol. The number of hydrogen-bond acceptors (Lipinski definition) is 4. The van der Waals surface area contributed by atoms with E-state index in [-0.39, 0.29) is 5.75 Å². The van der Waals surface area contributed by atoms with E-state index in [2.05, 4.69) is 0 Å². The van der Waals surface area contributed by atoms with Crippen molar-refractivity contribution in [3.63, 3.8) is 0 Å². The Balaban J connectivity index is 3.99. The van der Waals surface area contributed by atoms with E-state index in [1.54, 1.807) is 0 Å². The second-order valence-corrected chi connectivity index (χ2v) is 4.56. The Morgan fingerprint density at radius 3 is 2.50 bits per heavy atom. The fraction of sp³-hybridized carbons (Fsp3) is 0.714. The minimum absolute atomic E-state index is 0.0176. The zero-order valence-electron chi connectivity index (χ0n) is 7.12. The van der Waals surface area contributed by atoms with Gasteiger partial charge in [-0.05, 0) is 12.3 Å². The number of sulfone groups is 1. The zero-order valence-corrected chi connectivity index (χ0v) is 7.93. The summed E-state index contributed by atoms with van der Waals surface area (Å²) in [5, 5.41) is 10.8. The zero-order chi connectivity index (χ0) is 9.61. The molecule has 0 aromatic rings. The third kappa shape index (κ3) is 6.03. The molecule has 12 heavy (non-hydrogen) atoms. The van der Waals surface area contributed by atoms with E-state index in [1.807, 2.05) is 6.92 Å². The Hall–Kier alpha value is -0.710. The fourth-order valence-electron chi connectivity index (χ4n) is 0.789. The van der Waals surface area contributed by atoms with Crippen LogP contribution in [0.5, 0.6) is 0 Å². The summed E-state index contributed by atoms with van der Waals surface area (Å²) in [7, 11) is -3.35. The smallest absolute Gasteiger partial charge is 0.172 e. The first kappa shape index (κ1) is 11.3. The van der Waals surface area contributed by atoms with Crippen molar-refractivity contribution in [2.45, 2.75) is 26.2 Å². The summed E-state index contributed by atoms with van der Waals surface area (Å²) in [6.07, 6.45) is 2.39. The predicted octanol–water partition coefficient (Wildman–Crippen LogP) is -0.291. The van der Waals surface area contributed by atoms with E-state index in [9.17, 15) is 13.5 Å². The third-order valence-electron chi connectivity index (χ3n) is 1.33. The van der Waals surface area contributed by atoms with Crippen molar-refractivity contribution in [2.75, 3.05) is 5.75 Å². The summed E-state index contributed by atoms with van der Waals surface area (Å²) in [6.45, 7) is 1.98. The Morgan fingerprint density at radius 1 is 1.50 bits per heavy atom. The van der Waals surface area contributed by atoms with Crippen molar-refractivity contribution in [3.8, 4) is 0 Å². The lowest BCUT2D eigenvalue weighted by Crippen LogP contribution is -2.16. The van der Waals surface area contributed by atoms with Gasteiger partial charge in [0.15, 0.2) is 9.84 Å². The molecule has 0 saturated heterocycles. The number of hydrogen-bond donors (Lipinski definition) is 1. The van der Waals surface area contributed by atoms with E-state index in [0.717, 1.165) is 12.8 Å². The molecule has 0 atom stereocenters. The number of unbranched alkanes of at least 4 members (excludes halogenated alkanes) is 2. The van der Waals surface area contributed by atoms with Crippen LogP contribution in [0, 0.1) is 0 Å². The van der Waals surface area contributed by atoms with Crippen LogP contribution in [-0.2, 0) is 9.84 Å². The van der Waals surface area contributed by atoms with Gasteiger partial charge in [0.1, 0.15) is 0 Å². The lowest BCUT2D eigenvalue weighted by Gasteiger charge is -2.04. The van der Waals surface area contributed by atoms with E-state index in [4.69, 9.17) is 5.73 Å². The van der Waals surface area contributed by atoms with Crippen molar-refractivity contribution >= 4 is 9.84 Å². The van der Waals surface area contributed by atoms with Crippen LogP contribution in [0.4, 0.5) is 0 Å². The van der Waals surface area contributed by atoms with Gasteiger partial charge in [0.05, 0.1) is 5.75 Å². The molecule has 4 nitrogen and oxygen atoms in total. The van der Waals surface area contributed by atoms with Crippen LogP contribution in [0.1, 0.15) is 26.2 Å². The first-order valence-corrected chi connectivity index (χ1v) is 5.56. The topological polar surface area (TPSA) is 83.2 Å². The van der Waals surface area contributed by atoms with Crippen molar-refractivity contribution in [1.82, 2.24) is 0 Å². The Kier molecular flexibility index (Phi) is 4.73. The summed E-state index contributed by atoms with van der Waals surface area (Å²) in [5.74, 6) is -0.879. The molecule has 0 aliphatic heterocycles. The van der Waals surface area contributed by atoms with Gasteiger partial charge in [0.2, 0.25) is 0 Å². The summed E-state index contributed by atoms with van der Waals surface area (Å²) >= 11 is 0. The van der Waals surface area contributed by atoms with E-state index in [0.29, 0.717) is 11.8 Å². The lowest BCUT2D eigenvalue weighted by molar-refractivity contribution is -0.304. The highest BCUT2D eigenvalue weighted by Gasteiger charge is 2.04. The van der Waals surface area contributed by atoms with Crippen molar-refractivity contribution in [3.05, 3.63) is 11.3 Å². The maximum atomic E-state index is 11.0. The maximum Gasteiger partial charge on any atom is 0.172 e. The SMILES string of the molecule is CCCCCS(=O)(=O)/C=C(/N)[O-]. The van der Waals surface area contributed by atoms with E-state index < -0.39 is 15.7 Å². The second kappa shape index (κ2) is 5.03. The molecule has 0 spiro atoms. The molecule has 0 unspecified atom stereocenters. The first-order chi connectivity index (χ1) is 5.48. The molecule has 0 saturated carbocycles. The third-order valence-corrected chi connectivity index (χ3v) is 2.78. The van der Waals surface area contributed by atoms with Crippen molar-refractivity contribution in [2.24, 2.45) is 5.73 Å². The average Bonchev–Trinajstić information content (AvgIpc) is 1.84. The van der Waals surface area contributed by atoms with Gasteiger partial charge in [0.25, 0.3) is 0 Å². The van der Waals surface area contributed by atoms with Gasteiger partial charge < -0.3 is 10.8 Å². The summed E-state index contributed by atoms with van der Waals surface area (Å²) in [6, 6.07) is 0. The molecule has 0 rings (SSSR count). The van der Waals surface area contributed by atoms with Gasteiger partial charge in [-0.25, -0.2) is 8.42 Å². The predicted molar refractivity (Wildman–Crippen MR) is 45.6 cm³/mol. The molecule has 0 bridgehead atoms.